The molecule has 110 valence electrons. The van der Waals surface area contributed by atoms with E-state index in [1.54, 1.807) is 11.8 Å². The first-order valence-electron chi connectivity index (χ1n) is 7.24. The van der Waals surface area contributed by atoms with Gasteiger partial charge in [0.25, 0.3) is 0 Å². The lowest BCUT2D eigenvalue weighted by molar-refractivity contribution is -0.118. The van der Waals surface area contributed by atoms with E-state index in [4.69, 9.17) is 0 Å². The van der Waals surface area contributed by atoms with Crippen molar-refractivity contribution in [2.45, 2.75) is 11.4 Å². The molecular weight excluding hydrogens is 290 g/mol. The van der Waals surface area contributed by atoms with E-state index >= 15 is 0 Å². The average molecular weight is 307 g/mol. The molecule has 1 N–H and O–H groups in total. The lowest BCUT2D eigenvalue weighted by Crippen LogP contribution is -2.24. The molecule has 1 amide bonds. The fourth-order valence-corrected chi connectivity index (χ4v) is 3.22. The first kappa shape index (κ1) is 14.7. The number of hydrogen-bond acceptors (Lipinski definition) is 2. The van der Waals surface area contributed by atoms with Gasteiger partial charge < -0.3 is 5.32 Å². The van der Waals surface area contributed by atoms with Crippen molar-refractivity contribution in [1.29, 1.82) is 0 Å². The molecule has 0 atom stereocenters. The van der Waals surface area contributed by atoms with Crippen LogP contribution in [0.3, 0.4) is 0 Å². The summed E-state index contributed by atoms with van der Waals surface area (Å²) >= 11 is 1.58. The van der Waals surface area contributed by atoms with Crippen molar-refractivity contribution in [1.82, 2.24) is 5.32 Å². The number of benzene rings is 3. The summed E-state index contributed by atoms with van der Waals surface area (Å²) in [6.07, 6.45) is 0. The van der Waals surface area contributed by atoms with Gasteiger partial charge in [-0.3, -0.25) is 4.79 Å². The summed E-state index contributed by atoms with van der Waals surface area (Å²) in [6.45, 7) is 0.579. The lowest BCUT2D eigenvalue weighted by atomic mass is 10.1. The van der Waals surface area contributed by atoms with Crippen LogP contribution < -0.4 is 5.32 Å². The van der Waals surface area contributed by atoms with Gasteiger partial charge in [-0.25, -0.2) is 0 Å². The molecule has 0 radical (unpaired) electrons. The summed E-state index contributed by atoms with van der Waals surface area (Å²) < 4.78 is 0. The summed E-state index contributed by atoms with van der Waals surface area (Å²) in [5.41, 5.74) is 1.12. The Hall–Kier alpha value is -2.26. The molecule has 0 saturated carbocycles. The zero-order valence-electron chi connectivity index (χ0n) is 12.2. The van der Waals surface area contributed by atoms with E-state index in [0.29, 0.717) is 12.3 Å². The summed E-state index contributed by atoms with van der Waals surface area (Å²) in [6, 6.07) is 24.4. The molecule has 2 nitrogen and oxygen atoms in total. The molecule has 0 aliphatic carbocycles. The molecule has 0 aromatic heterocycles. The van der Waals surface area contributed by atoms with Gasteiger partial charge in [-0.1, -0.05) is 66.7 Å². The van der Waals surface area contributed by atoms with Crippen LogP contribution in [0.5, 0.6) is 0 Å². The van der Waals surface area contributed by atoms with Gasteiger partial charge in [-0.05, 0) is 22.4 Å². The predicted molar refractivity (Wildman–Crippen MR) is 93.0 cm³/mol. The minimum absolute atomic E-state index is 0.0572. The van der Waals surface area contributed by atoms with Crippen LogP contribution in [0.15, 0.2) is 77.7 Å². The van der Waals surface area contributed by atoms with Crippen molar-refractivity contribution >= 4 is 28.4 Å². The van der Waals surface area contributed by atoms with Crippen molar-refractivity contribution < 1.29 is 4.79 Å². The van der Waals surface area contributed by atoms with E-state index in [1.165, 1.54) is 10.8 Å². The van der Waals surface area contributed by atoms with E-state index in [0.717, 1.165) is 10.5 Å². The first-order chi connectivity index (χ1) is 10.8. The topological polar surface area (TPSA) is 29.1 Å². The molecule has 0 aliphatic rings. The Morgan fingerprint density at radius 2 is 1.59 bits per heavy atom. The van der Waals surface area contributed by atoms with Crippen molar-refractivity contribution in [3.8, 4) is 0 Å². The number of amides is 1. The van der Waals surface area contributed by atoms with Crippen LogP contribution in [0.25, 0.3) is 10.8 Å². The van der Waals surface area contributed by atoms with Crippen LogP contribution in [0.1, 0.15) is 5.56 Å². The van der Waals surface area contributed by atoms with Gasteiger partial charge in [-0.15, -0.1) is 11.8 Å². The molecule has 0 spiro atoms. The Labute approximate surface area is 134 Å². The Bertz CT molecular complexity index is 765. The molecule has 3 heteroatoms. The SMILES string of the molecule is O=C(CSc1cccc2ccccc12)NCc1ccccc1. The zero-order chi connectivity index (χ0) is 15.2. The molecule has 0 bridgehead atoms. The highest BCUT2D eigenvalue weighted by Gasteiger charge is 2.05. The Morgan fingerprint density at radius 1 is 0.864 bits per heavy atom. The molecule has 3 aromatic carbocycles. The quantitative estimate of drug-likeness (QED) is 0.714. The van der Waals surface area contributed by atoms with Crippen LogP contribution in [-0.4, -0.2) is 11.7 Å². The monoisotopic (exact) mass is 307 g/mol. The first-order valence-corrected chi connectivity index (χ1v) is 8.23. The van der Waals surface area contributed by atoms with Gasteiger partial charge >= 0.3 is 0 Å². The second-order valence-corrected chi connectivity index (χ2v) is 6.05. The van der Waals surface area contributed by atoms with Gasteiger partial charge in [0.1, 0.15) is 0 Å². The smallest absolute Gasteiger partial charge is 0.230 e. The molecule has 0 fully saturated rings. The van der Waals surface area contributed by atoms with Crippen molar-refractivity contribution in [2.24, 2.45) is 0 Å². The van der Waals surface area contributed by atoms with Crippen molar-refractivity contribution in [2.75, 3.05) is 5.75 Å². The van der Waals surface area contributed by atoms with Gasteiger partial charge in [0.05, 0.1) is 5.75 Å². The number of rotatable bonds is 5. The third kappa shape index (κ3) is 3.68. The van der Waals surface area contributed by atoms with Crippen molar-refractivity contribution in [3.05, 3.63) is 78.4 Å². The van der Waals surface area contributed by atoms with Crippen LogP contribution in [-0.2, 0) is 11.3 Å². The summed E-state index contributed by atoms with van der Waals surface area (Å²) in [7, 11) is 0. The molecule has 3 aromatic rings. The average Bonchev–Trinajstić information content (AvgIpc) is 2.59. The van der Waals surface area contributed by atoms with Crippen LogP contribution >= 0.6 is 11.8 Å². The maximum absolute atomic E-state index is 12.0. The van der Waals surface area contributed by atoms with Gasteiger partial charge in [0.2, 0.25) is 5.91 Å². The molecule has 0 saturated heterocycles. The van der Waals surface area contributed by atoms with Crippen LogP contribution in [0.4, 0.5) is 0 Å². The zero-order valence-corrected chi connectivity index (χ0v) is 13.0. The summed E-state index contributed by atoms with van der Waals surface area (Å²) in [5.74, 6) is 0.489. The molecule has 0 unspecified atom stereocenters. The molecule has 22 heavy (non-hydrogen) atoms. The number of hydrogen-bond donors (Lipinski definition) is 1. The maximum atomic E-state index is 12.0. The standard InChI is InChI=1S/C19H17NOS/c21-19(20-13-15-7-2-1-3-8-15)14-22-18-12-6-10-16-9-4-5-11-17(16)18/h1-12H,13-14H2,(H,20,21). The highest BCUT2D eigenvalue weighted by molar-refractivity contribution is 8.00. The van der Waals surface area contributed by atoms with Crippen molar-refractivity contribution in [3.63, 3.8) is 0 Å². The molecule has 0 heterocycles. The van der Waals surface area contributed by atoms with Gasteiger partial charge in [0.15, 0.2) is 0 Å². The number of carbonyl (C=O) groups excluding carboxylic acids is 1. The second kappa shape index (κ2) is 7.14. The number of carbonyl (C=O) groups is 1. The normalized spacial score (nSPS) is 10.5. The number of fused-ring (bicyclic) bond motifs is 1. The van der Waals surface area contributed by atoms with E-state index in [-0.39, 0.29) is 5.91 Å². The lowest BCUT2D eigenvalue weighted by Gasteiger charge is -2.07. The highest BCUT2D eigenvalue weighted by atomic mass is 32.2. The van der Waals surface area contributed by atoms with Gasteiger partial charge in [-0.2, -0.15) is 0 Å². The number of nitrogens with one attached hydrogen (secondary N) is 1. The second-order valence-electron chi connectivity index (χ2n) is 5.03. The van der Waals surface area contributed by atoms with E-state index in [1.807, 2.05) is 48.5 Å². The predicted octanol–water partition coefficient (Wildman–Crippen LogP) is 4.25. The molecular formula is C19H17NOS. The van der Waals surface area contributed by atoms with E-state index < -0.39 is 0 Å². The van der Waals surface area contributed by atoms with Gasteiger partial charge in [0, 0.05) is 11.4 Å². The third-order valence-electron chi connectivity index (χ3n) is 3.44. The summed E-state index contributed by atoms with van der Waals surface area (Å²) in [5, 5.41) is 5.36. The highest BCUT2D eigenvalue weighted by Crippen LogP contribution is 2.27. The fraction of sp³-hybridized carbons (Fsp3) is 0.105. The number of thioether (sulfide) groups is 1. The van der Waals surface area contributed by atoms with E-state index in [2.05, 4.69) is 29.6 Å². The largest absolute Gasteiger partial charge is 0.351 e. The third-order valence-corrected chi connectivity index (χ3v) is 4.51. The fourth-order valence-electron chi connectivity index (χ4n) is 2.31. The Balaban J connectivity index is 1.58. The minimum atomic E-state index is 0.0572. The van der Waals surface area contributed by atoms with E-state index in [9.17, 15) is 4.79 Å². The molecule has 0 aliphatic heterocycles. The Morgan fingerprint density at radius 3 is 2.45 bits per heavy atom. The maximum Gasteiger partial charge on any atom is 0.230 e. The molecule has 3 rings (SSSR count). The van der Waals surface area contributed by atoms with Crippen LogP contribution in [0.2, 0.25) is 0 Å². The Kier molecular flexibility index (Phi) is 4.76. The summed E-state index contributed by atoms with van der Waals surface area (Å²) in [4.78, 5) is 13.1. The van der Waals surface area contributed by atoms with Crippen LogP contribution in [0, 0.1) is 0 Å². The minimum Gasteiger partial charge on any atom is -0.351 e.